The van der Waals surface area contributed by atoms with E-state index in [-0.39, 0.29) is 87.2 Å². The summed E-state index contributed by atoms with van der Waals surface area (Å²) in [5.41, 5.74) is 1.50. The first-order chi connectivity index (χ1) is 62.5. The summed E-state index contributed by atoms with van der Waals surface area (Å²) in [6.45, 7) is 72.8. The summed E-state index contributed by atoms with van der Waals surface area (Å²) >= 11 is 11.1. The van der Waals surface area contributed by atoms with Crippen LogP contribution in [-0.2, 0) is 107 Å². The monoisotopic (exact) mass is 2060 g/mol. The molecule has 28 nitrogen and oxygen atoms in total. The Hall–Kier alpha value is -2.07. The molecular weight excluding hydrogens is 1900 g/mol. The Morgan fingerprint density at radius 1 is 0.602 bits per heavy atom. The number of ether oxygens (including phenoxy) is 7. The van der Waals surface area contributed by atoms with Crippen LogP contribution >= 0.6 is 41.9 Å². The summed E-state index contributed by atoms with van der Waals surface area (Å²) in [6, 6.07) is 25.8. The number of alkyl halides is 1. The normalized spacial score (nSPS) is 28.4. The SMILES string of the molecule is C1CCOC1.CC#N.COc1ccc(C(Cl)(c2ccccc2)c2ccc(OC)cc2)cc1.[2H]Cl.[B][C@@H]1O[C@@]2(CC)CN(C)OC1[C@H]2O.[B][C@@H]1O[C@@]2(CC)CN(C)OC1[C@H]2OP(OCC[N+]#[C-])N(C(C)C)C(C)C.[B][C@@H]1O[C@@]2(CO)CN(C)OC1[C@H]2O.[B][C@@H]1O[C@]23CO[Si](C(C)C)(C(C)C)O[Si](C(C)C)(C(C)C)O[C@@H]2C1ON(C)C3.[C-]#[N+]CCOP.[CH2-]CC.[CH2-]CC.[CH2-]CC.[CH2-]CC.[Ni+2].[Ni+2]. The molecule has 10 saturated heterocycles. The van der Waals surface area contributed by atoms with Crippen LogP contribution in [0.25, 0.3) is 9.69 Å². The second-order valence-electron chi connectivity index (χ2n) is 34.6. The van der Waals surface area contributed by atoms with E-state index in [4.69, 9.17) is 142 Å². The van der Waals surface area contributed by atoms with Gasteiger partial charge in [-0.05, 0) is 116 Å². The van der Waals surface area contributed by atoms with Gasteiger partial charge in [-0.15, -0.1) is 23.9 Å². The van der Waals surface area contributed by atoms with Crippen molar-refractivity contribution in [2.24, 2.45) is 0 Å². The third-order valence-electron chi connectivity index (χ3n) is 22.3. The zero-order valence-electron chi connectivity index (χ0n) is 85.0. The van der Waals surface area contributed by atoms with Crippen LogP contribution in [0.2, 0.25) is 22.2 Å². The quantitative estimate of drug-likeness (QED) is 0.0211. The molecule has 10 aliphatic rings. The number of hydroxylamine groups is 8. The number of aliphatic hydroxyl groups is 3. The number of fused-ring (bicyclic) bond motifs is 6. The molecule has 6 unspecified atom stereocenters. The van der Waals surface area contributed by atoms with Crippen molar-refractivity contribution in [2.45, 2.75) is 317 Å². The third kappa shape index (κ3) is 36.9. The zero-order valence-corrected chi connectivity index (χ0v) is 91.5. The maximum absolute atomic E-state index is 9.89. The van der Waals surface area contributed by atoms with Crippen LogP contribution in [0.4, 0.5) is 0 Å². The number of methoxy groups -OCH3 is 2. The zero-order chi connectivity index (χ0) is 101. The van der Waals surface area contributed by atoms with Crippen LogP contribution in [0, 0.1) is 52.2 Å². The van der Waals surface area contributed by atoms with Crippen molar-refractivity contribution < 1.29 is 127 Å². The van der Waals surface area contributed by atoms with Gasteiger partial charge in [0.2, 0.25) is 13.1 Å². The van der Waals surface area contributed by atoms with Gasteiger partial charge in [0.15, 0.2) is 0 Å². The molecule has 3 aromatic rings. The number of likely N-dealkylation sites (N-methyl/N-ethyl adjacent to an activating group) is 4. The van der Waals surface area contributed by atoms with Crippen LogP contribution in [-0.4, -0.2) is 319 Å². The van der Waals surface area contributed by atoms with E-state index in [1.165, 1.54) is 24.8 Å². The average Bonchev–Trinajstić information content (AvgIpc) is 1.61. The largest absolute Gasteiger partial charge is 2.00 e. The van der Waals surface area contributed by atoms with E-state index in [2.05, 4.69) is 158 Å². The molecule has 756 valence electrons. The van der Waals surface area contributed by atoms with E-state index in [9.17, 15) is 10.2 Å². The predicted octanol–water partition coefficient (Wildman–Crippen LogP) is 15.8. The minimum atomic E-state index is -2.69. The third-order valence-corrected chi connectivity index (χ3v) is 35.5. The van der Waals surface area contributed by atoms with Gasteiger partial charge in [-0.1, -0.05) is 152 Å². The van der Waals surface area contributed by atoms with Gasteiger partial charge in [0, 0.05) is 93.9 Å². The number of benzene rings is 3. The maximum atomic E-state index is 9.89. The Bertz CT molecular complexity index is 3550. The molecule has 10 heterocycles. The molecule has 0 aliphatic carbocycles. The number of rotatable bonds is 22. The summed E-state index contributed by atoms with van der Waals surface area (Å²) in [5, 5.41) is 42.9. The van der Waals surface area contributed by atoms with Gasteiger partial charge in [-0.3, -0.25) is 19.4 Å². The molecule has 0 amide bonds. The van der Waals surface area contributed by atoms with Crippen LogP contribution in [0.15, 0.2) is 78.9 Å². The van der Waals surface area contributed by atoms with Gasteiger partial charge in [-0.2, -0.15) is 51.2 Å². The van der Waals surface area contributed by atoms with Crippen LogP contribution in [0.3, 0.4) is 0 Å². The van der Waals surface area contributed by atoms with Crippen molar-refractivity contribution in [1.29, 1.82) is 6.43 Å². The summed E-state index contributed by atoms with van der Waals surface area (Å²) in [6.07, 6.45) is 4.30. The molecule has 10 aliphatic heterocycles. The molecular formula is C93H160B4Cl2N8Ni2O20P2Si2. The van der Waals surface area contributed by atoms with Gasteiger partial charge in [0.1, 0.15) is 133 Å². The van der Waals surface area contributed by atoms with Gasteiger partial charge >= 0.3 is 50.1 Å². The number of aliphatic hydroxyl groups excluding tert-OH is 3. The summed E-state index contributed by atoms with van der Waals surface area (Å²) in [7, 11) is 29.9. The molecule has 40 heteroatoms. The van der Waals surface area contributed by atoms with Crippen LogP contribution in [0.5, 0.6) is 11.5 Å². The van der Waals surface area contributed by atoms with Crippen LogP contribution < -0.4 is 9.47 Å². The van der Waals surface area contributed by atoms with Gasteiger partial charge in [0.25, 0.3) is 8.53 Å². The molecule has 133 heavy (non-hydrogen) atoms. The fourth-order valence-electron chi connectivity index (χ4n) is 16.4. The number of halogens is 2. The van der Waals surface area contributed by atoms with Gasteiger partial charge in [0.05, 0.1) is 59.7 Å². The average molecular weight is 2060 g/mol. The summed E-state index contributed by atoms with van der Waals surface area (Å²) in [5.74, 6) is 1.61. The molecule has 8 radical (unpaired) electrons. The smallest absolute Gasteiger partial charge is 0.497 e. The van der Waals surface area contributed by atoms with Crippen molar-refractivity contribution in [3.8, 4) is 17.6 Å². The Labute approximate surface area is 845 Å². The Morgan fingerprint density at radius 2 is 0.962 bits per heavy atom. The minimum absolute atomic E-state index is 0. The van der Waals surface area contributed by atoms with E-state index in [1.54, 1.807) is 37.5 Å². The van der Waals surface area contributed by atoms with Crippen molar-refractivity contribution in [3.05, 3.63) is 146 Å². The first-order valence-electron chi connectivity index (χ1n) is 46.1. The number of hydrogen-bond acceptors (Lipinski definition) is 26. The second kappa shape index (κ2) is 66.7. The fraction of sp³-hybridized carbons (Fsp3) is 0.731. The van der Waals surface area contributed by atoms with Crippen LogP contribution in [0.1, 0.15) is 200 Å². The first-order valence-corrected chi connectivity index (χ1v) is 51.6. The fourth-order valence-corrected chi connectivity index (χ4v) is 30.0. The molecule has 0 saturated carbocycles. The Morgan fingerprint density at radius 3 is 1.34 bits per heavy atom. The van der Waals surface area contributed by atoms with E-state index < -0.39 is 101 Å². The number of hydrogen-bond donors (Lipinski definition) is 3. The maximum Gasteiger partial charge on any atom is 2.00 e. The van der Waals surface area contributed by atoms with Gasteiger partial charge in [-0.25, -0.2) is 17.8 Å². The van der Waals surface area contributed by atoms with Gasteiger partial charge < -0.3 is 112 Å². The van der Waals surface area contributed by atoms with Crippen molar-refractivity contribution in [1.82, 2.24) is 24.9 Å². The minimum Gasteiger partial charge on any atom is -0.497 e. The predicted molar refractivity (Wildman–Crippen MR) is 535 cm³/mol. The first kappa shape index (κ1) is 131. The summed E-state index contributed by atoms with van der Waals surface area (Å²) < 4.78 is 84.4. The Kier molecular flexibility index (Phi) is 65.7. The number of nitrogens with zero attached hydrogens (tertiary/aromatic N) is 8. The molecule has 0 spiro atoms. The van der Waals surface area contributed by atoms with E-state index in [0.29, 0.717) is 70.2 Å². The Balaban J connectivity index is 0. The number of nitriles is 1. The molecule has 8 bridgehead atoms. The molecule has 0 aromatic heterocycles. The standard InChI is InChI=1S/C21H19ClO2.C19H38BNO5Si2.C17H31BN3O4P.C8H14BNO3.C7H12BNO4.C4H8O.C3H6NOP.4C3H7.C2H3N.ClH.2Ni/c1-23-19-12-8-17(9-13-19)21(22,16-6-4-3-5-7-16)18-10-14-20(24-2)15-11-18;1-12(2)27(13(3)4)22-11-19-10-21(9)24-16(18(20)23-19)17(19)25-28(26-27,14(5)6)15(7)8;1-8-17-11-20(7)24-14(16(18)23-17)15(17)25-26(22-10-9-19-6)21(12(2)3)13(4)5;1-3-8-4-10(2)13-5(6(8)11)7(9)12-8;1-9-2-7(3-10)5(11)4(13-9)6(8)12-7;1-2-4-5-3-1;1-4-2-3-5-6;4*1-3-2;1-2-3;;;/h3-15H,1-2H3;12-18H,10-11H2,1-9H3;12-16H,8-11H2,1-5,7H3;5-7,11H,3-4H2,1-2H3;4-6,10-11H,2-3H2,1H3;1-4H2;2-3,6H2;4*1,3H2,2H3;1H3;1H;;/q;;;;;;;4*-1;;;2*+2/t;16?,17-,18-,19-;14?,15-,16-,17+,26?;5?,6-,7-,8+;4?,5-,6-,7-;;;;;;;;;;/m.1111........../s1/i/hD. The summed E-state index contributed by atoms with van der Waals surface area (Å²) in [4.78, 5) is 28.2. The van der Waals surface area contributed by atoms with E-state index in [1.807, 2.05) is 140 Å². The molecule has 13 rings (SSSR count). The topological polar surface area (TPSA) is 266 Å². The molecule has 3 aromatic carbocycles. The van der Waals surface area contributed by atoms with E-state index >= 15 is 0 Å². The molecule has 3 N–H and O–H groups in total. The second-order valence-corrected chi connectivity index (χ2v) is 45.7. The molecule has 18 atom stereocenters. The van der Waals surface area contributed by atoms with Crippen molar-refractivity contribution >= 4 is 90.4 Å². The van der Waals surface area contributed by atoms with Crippen molar-refractivity contribution in [2.75, 3.05) is 121 Å². The van der Waals surface area contributed by atoms with E-state index in [0.717, 1.165) is 79.9 Å². The molecule has 10 fully saturated rings. The van der Waals surface area contributed by atoms with Crippen molar-refractivity contribution in [3.63, 3.8) is 0 Å².